The average Bonchev–Trinajstić information content (AvgIpc) is 3.39. The van der Waals surface area contributed by atoms with Crippen molar-refractivity contribution in [2.45, 2.75) is 40.0 Å². The molecule has 0 fully saturated rings. The van der Waals surface area contributed by atoms with Crippen molar-refractivity contribution in [2.75, 3.05) is 0 Å². The van der Waals surface area contributed by atoms with Gasteiger partial charge in [0, 0.05) is 15.5 Å². The molecule has 3 aromatic heterocycles. The smallest absolute Gasteiger partial charge is 0.279 e. The monoisotopic (exact) mass is 472 g/mol. The van der Waals surface area contributed by atoms with E-state index in [9.17, 15) is 0 Å². The highest BCUT2D eigenvalue weighted by atomic mass is 35.5. The summed E-state index contributed by atoms with van der Waals surface area (Å²) in [5.41, 5.74) is 3.94. The number of rotatable bonds is 4. The first-order valence-corrected chi connectivity index (χ1v) is 11.3. The molecule has 0 atom stereocenters. The third-order valence-corrected chi connectivity index (χ3v) is 6.90. The maximum absolute atomic E-state index is 6.55. The fourth-order valence-corrected chi connectivity index (χ4v) is 4.82. The first kappa shape index (κ1) is 21.8. The molecule has 0 radical (unpaired) electrons. The molecule has 0 aliphatic heterocycles. The Hall–Kier alpha value is -2.41. The molecular formula is C23H22Cl2N4OS. The molecule has 1 aromatic carbocycles. The highest BCUT2D eigenvalue weighted by Crippen LogP contribution is 2.40. The van der Waals surface area contributed by atoms with Crippen molar-refractivity contribution >= 4 is 40.1 Å². The van der Waals surface area contributed by atoms with Gasteiger partial charge in [0.25, 0.3) is 5.89 Å². The minimum Gasteiger partial charge on any atom is -0.332 e. The number of aromatic nitrogens is 4. The van der Waals surface area contributed by atoms with Gasteiger partial charge >= 0.3 is 0 Å². The van der Waals surface area contributed by atoms with Crippen LogP contribution in [0.15, 0.2) is 41.4 Å². The van der Waals surface area contributed by atoms with Gasteiger partial charge in [-0.3, -0.25) is 0 Å². The number of halogens is 2. The topological polar surface area (TPSA) is 56.7 Å². The van der Waals surface area contributed by atoms with E-state index in [4.69, 9.17) is 32.8 Å². The minimum absolute atomic E-state index is 0.0469. The first-order valence-electron chi connectivity index (χ1n) is 9.72. The lowest BCUT2D eigenvalue weighted by molar-refractivity contribution is 0.426. The number of allylic oxidation sites excluding steroid dienone is 1. The molecule has 0 saturated heterocycles. The molecule has 0 amide bonds. The quantitative estimate of drug-likeness (QED) is 0.306. The second-order valence-corrected chi connectivity index (χ2v) is 10.4. The molecule has 0 N–H and O–H groups in total. The maximum atomic E-state index is 6.55. The van der Waals surface area contributed by atoms with Gasteiger partial charge in [0.1, 0.15) is 0 Å². The lowest BCUT2D eigenvalue weighted by Crippen LogP contribution is -2.07. The summed E-state index contributed by atoms with van der Waals surface area (Å²) >= 11 is 14.4. The van der Waals surface area contributed by atoms with E-state index in [0.29, 0.717) is 27.5 Å². The lowest BCUT2D eigenvalue weighted by atomic mass is 9.95. The highest BCUT2D eigenvalue weighted by Gasteiger charge is 2.26. The second kappa shape index (κ2) is 7.93. The molecule has 0 aliphatic rings. The van der Waals surface area contributed by atoms with Crippen LogP contribution >= 0.6 is 34.5 Å². The molecule has 4 aromatic rings. The van der Waals surface area contributed by atoms with Gasteiger partial charge in [-0.05, 0) is 55.2 Å². The lowest BCUT2D eigenvalue weighted by Gasteiger charge is -2.15. The van der Waals surface area contributed by atoms with E-state index in [1.54, 1.807) is 23.5 Å². The predicted molar refractivity (Wildman–Crippen MR) is 128 cm³/mol. The molecule has 0 saturated carbocycles. The number of hydrogen-bond donors (Lipinski definition) is 0. The van der Waals surface area contributed by atoms with Gasteiger partial charge in [0.2, 0.25) is 0 Å². The van der Waals surface area contributed by atoms with Crippen molar-refractivity contribution in [3.05, 3.63) is 63.2 Å². The van der Waals surface area contributed by atoms with E-state index in [2.05, 4.69) is 49.6 Å². The van der Waals surface area contributed by atoms with Crippen LogP contribution in [0.3, 0.4) is 0 Å². The predicted octanol–water partition coefficient (Wildman–Crippen LogP) is 7.60. The van der Waals surface area contributed by atoms with Crippen LogP contribution < -0.4 is 0 Å². The van der Waals surface area contributed by atoms with Crippen LogP contribution in [0.4, 0.5) is 0 Å². The Morgan fingerprint density at radius 1 is 1.16 bits per heavy atom. The summed E-state index contributed by atoms with van der Waals surface area (Å²) in [6, 6.07) is 9.64. The van der Waals surface area contributed by atoms with E-state index >= 15 is 0 Å². The van der Waals surface area contributed by atoms with Gasteiger partial charge < -0.3 is 4.52 Å². The number of thiophene rings is 1. The van der Waals surface area contributed by atoms with E-state index in [0.717, 1.165) is 27.4 Å². The van der Waals surface area contributed by atoms with Gasteiger partial charge in [-0.15, -0.1) is 11.3 Å². The molecule has 4 rings (SSSR count). The average molecular weight is 473 g/mol. The van der Waals surface area contributed by atoms with E-state index in [1.807, 2.05) is 24.6 Å². The SMILES string of the molecule is C=C(C)c1noc(-c2nn(-c3ccc(Cl)cc3Cl)c(-c3ccc(C(C)(C)C)s3)c2C)n1. The van der Waals surface area contributed by atoms with Crippen LogP contribution in [0.25, 0.3) is 33.4 Å². The van der Waals surface area contributed by atoms with Gasteiger partial charge in [-0.2, -0.15) is 10.1 Å². The molecule has 5 nitrogen and oxygen atoms in total. The van der Waals surface area contributed by atoms with Crippen LogP contribution in [-0.2, 0) is 5.41 Å². The van der Waals surface area contributed by atoms with Crippen molar-refractivity contribution in [1.29, 1.82) is 0 Å². The van der Waals surface area contributed by atoms with Crippen LogP contribution in [0.1, 0.15) is 44.0 Å². The molecule has 0 bridgehead atoms. The fraction of sp³-hybridized carbons (Fsp3) is 0.261. The normalized spacial score (nSPS) is 11.8. The molecule has 3 heterocycles. The molecular weight excluding hydrogens is 451 g/mol. The Labute approximate surface area is 195 Å². The Balaban J connectivity index is 1.96. The molecule has 8 heteroatoms. The largest absolute Gasteiger partial charge is 0.332 e. The number of benzene rings is 1. The maximum Gasteiger partial charge on any atom is 0.279 e. The van der Waals surface area contributed by atoms with Crippen molar-refractivity contribution in [2.24, 2.45) is 0 Å². The zero-order chi connectivity index (χ0) is 22.5. The minimum atomic E-state index is 0.0469. The van der Waals surface area contributed by atoms with E-state index in [-0.39, 0.29) is 5.41 Å². The highest BCUT2D eigenvalue weighted by molar-refractivity contribution is 7.15. The van der Waals surface area contributed by atoms with Gasteiger partial charge in [0.05, 0.1) is 21.3 Å². The van der Waals surface area contributed by atoms with E-state index in [1.165, 1.54) is 4.88 Å². The van der Waals surface area contributed by atoms with Gasteiger partial charge in [-0.1, -0.05) is 55.7 Å². The van der Waals surface area contributed by atoms with Crippen molar-refractivity contribution < 1.29 is 4.52 Å². The van der Waals surface area contributed by atoms with Crippen LogP contribution in [-0.4, -0.2) is 19.9 Å². The molecule has 0 unspecified atom stereocenters. The molecule has 0 aliphatic carbocycles. The zero-order valence-electron chi connectivity index (χ0n) is 18.0. The summed E-state index contributed by atoms with van der Waals surface area (Å²) in [6.45, 7) is 14.3. The molecule has 160 valence electrons. The number of nitrogens with zero attached hydrogens (tertiary/aromatic N) is 4. The molecule has 0 spiro atoms. The fourth-order valence-electron chi connectivity index (χ4n) is 3.18. The standard InChI is InChI=1S/C23H22Cl2N4OS/c1-12(2)21-26-22(30-28-21)19-13(3)20(17-9-10-18(31-17)23(4,5)6)29(27-19)16-8-7-14(24)11-15(16)25/h7-11H,1H2,2-6H3. The van der Waals surface area contributed by atoms with E-state index < -0.39 is 0 Å². The third kappa shape index (κ3) is 4.07. The summed E-state index contributed by atoms with van der Waals surface area (Å²) in [5.74, 6) is 0.800. The second-order valence-electron chi connectivity index (χ2n) is 8.45. The summed E-state index contributed by atoms with van der Waals surface area (Å²) in [6.07, 6.45) is 0. The zero-order valence-corrected chi connectivity index (χ0v) is 20.3. The Kier molecular flexibility index (Phi) is 5.58. The van der Waals surface area contributed by atoms with Gasteiger partial charge in [-0.25, -0.2) is 4.68 Å². The first-order chi connectivity index (χ1) is 14.6. The Morgan fingerprint density at radius 2 is 1.90 bits per heavy atom. The summed E-state index contributed by atoms with van der Waals surface area (Å²) < 4.78 is 7.32. The number of hydrogen-bond acceptors (Lipinski definition) is 5. The molecule has 31 heavy (non-hydrogen) atoms. The Bertz CT molecular complexity index is 1290. The van der Waals surface area contributed by atoms with Crippen LogP contribution in [0.5, 0.6) is 0 Å². The third-order valence-electron chi connectivity index (χ3n) is 4.85. The van der Waals surface area contributed by atoms with Crippen LogP contribution in [0, 0.1) is 6.92 Å². The van der Waals surface area contributed by atoms with Crippen molar-refractivity contribution in [3.63, 3.8) is 0 Å². The summed E-state index contributed by atoms with van der Waals surface area (Å²) in [4.78, 5) is 6.81. The van der Waals surface area contributed by atoms with Crippen LogP contribution in [0.2, 0.25) is 10.0 Å². The summed E-state index contributed by atoms with van der Waals surface area (Å²) in [7, 11) is 0. The van der Waals surface area contributed by atoms with Crippen molar-refractivity contribution in [1.82, 2.24) is 19.9 Å². The Morgan fingerprint density at radius 3 is 2.48 bits per heavy atom. The van der Waals surface area contributed by atoms with Crippen molar-refractivity contribution in [3.8, 4) is 27.8 Å². The summed E-state index contributed by atoms with van der Waals surface area (Å²) in [5, 5.41) is 9.91. The van der Waals surface area contributed by atoms with Gasteiger partial charge in [0.15, 0.2) is 11.5 Å².